The maximum Gasteiger partial charge on any atom is 0.274 e. The van der Waals surface area contributed by atoms with Gasteiger partial charge in [0.2, 0.25) is 0 Å². The Hall–Kier alpha value is -2.83. The lowest BCUT2D eigenvalue weighted by atomic mass is 10.2. The highest BCUT2D eigenvalue weighted by molar-refractivity contribution is 6.04. The molecule has 0 aliphatic heterocycles. The fourth-order valence-corrected chi connectivity index (χ4v) is 2.26. The van der Waals surface area contributed by atoms with Gasteiger partial charge in [0.1, 0.15) is 29.3 Å². The van der Waals surface area contributed by atoms with E-state index in [0.29, 0.717) is 23.0 Å². The quantitative estimate of drug-likeness (QED) is 0.679. The van der Waals surface area contributed by atoms with Gasteiger partial charge in [-0.2, -0.15) is 0 Å². The molecular weight excluding hydrogens is 320 g/mol. The minimum atomic E-state index is -0.331. The lowest BCUT2D eigenvalue weighted by Crippen LogP contribution is -2.15. The SMILES string of the molecule is CCCCCNc1cc(C(=O)Nc2ccc(OC)cc2OC)ncn1. The Bertz CT molecular complexity index is 706. The van der Waals surface area contributed by atoms with Gasteiger partial charge in [0.25, 0.3) is 5.91 Å². The first-order valence-electron chi connectivity index (χ1n) is 8.27. The molecule has 2 N–H and O–H groups in total. The number of methoxy groups -OCH3 is 2. The maximum absolute atomic E-state index is 12.4. The molecule has 0 saturated carbocycles. The van der Waals surface area contributed by atoms with Gasteiger partial charge >= 0.3 is 0 Å². The number of nitrogens with zero attached hydrogens (tertiary/aromatic N) is 2. The molecule has 1 aromatic heterocycles. The molecule has 25 heavy (non-hydrogen) atoms. The average molecular weight is 344 g/mol. The van der Waals surface area contributed by atoms with Crippen LogP contribution in [-0.2, 0) is 0 Å². The first-order valence-corrected chi connectivity index (χ1v) is 8.27. The summed E-state index contributed by atoms with van der Waals surface area (Å²) in [5.41, 5.74) is 0.829. The molecule has 0 aliphatic rings. The number of hydrogen-bond donors (Lipinski definition) is 2. The number of unbranched alkanes of at least 4 members (excludes halogenated alkanes) is 2. The van der Waals surface area contributed by atoms with Gasteiger partial charge < -0.3 is 20.1 Å². The van der Waals surface area contributed by atoms with E-state index >= 15 is 0 Å². The topological polar surface area (TPSA) is 85.4 Å². The van der Waals surface area contributed by atoms with E-state index in [-0.39, 0.29) is 11.6 Å². The van der Waals surface area contributed by atoms with Crippen LogP contribution in [0.1, 0.15) is 36.7 Å². The number of carbonyl (C=O) groups is 1. The zero-order valence-electron chi connectivity index (χ0n) is 14.8. The van der Waals surface area contributed by atoms with E-state index in [4.69, 9.17) is 9.47 Å². The van der Waals surface area contributed by atoms with Crippen LogP contribution in [0.5, 0.6) is 11.5 Å². The van der Waals surface area contributed by atoms with E-state index in [0.717, 1.165) is 25.8 Å². The van der Waals surface area contributed by atoms with Gasteiger partial charge in [-0.3, -0.25) is 4.79 Å². The van der Waals surface area contributed by atoms with Crippen molar-refractivity contribution in [3.05, 3.63) is 36.3 Å². The molecule has 7 nitrogen and oxygen atoms in total. The highest BCUT2D eigenvalue weighted by Crippen LogP contribution is 2.29. The average Bonchev–Trinajstić information content (AvgIpc) is 2.65. The van der Waals surface area contributed by atoms with Crippen LogP contribution in [-0.4, -0.2) is 36.6 Å². The minimum Gasteiger partial charge on any atom is -0.497 e. The van der Waals surface area contributed by atoms with Crippen molar-refractivity contribution in [3.63, 3.8) is 0 Å². The molecule has 0 spiro atoms. The number of nitrogens with one attached hydrogen (secondary N) is 2. The number of carbonyl (C=O) groups excluding carboxylic acids is 1. The Morgan fingerprint density at radius 3 is 2.68 bits per heavy atom. The number of rotatable bonds is 9. The van der Waals surface area contributed by atoms with E-state index in [1.165, 1.54) is 13.4 Å². The summed E-state index contributed by atoms with van der Waals surface area (Å²) in [5, 5.41) is 6.00. The lowest BCUT2D eigenvalue weighted by Gasteiger charge is -2.12. The predicted molar refractivity (Wildman–Crippen MR) is 97.5 cm³/mol. The first-order chi connectivity index (χ1) is 12.2. The molecule has 0 atom stereocenters. The van der Waals surface area contributed by atoms with E-state index in [1.807, 2.05) is 0 Å². The van der Waals surface area contributed by atoms with Crippen LogP contribution in [0.4, 0.5) is 11.5 Å². The fraction of sp³-hybridized carbons (Fsp3) is 0.389. The largest absolute Gasteiger partial charge is 0.497 e. The smallest absolute Gasteiger partial charge is 0.274 e. The monoisotopic (exact) mass is 344 g/mol. The number of amides is 1. The standard InChI is InChI=1S/C18H24N4O3/c1-4-5-6-9-19-17-11-15(20-12-21-17)18(23)22-14-8-7-13(24-2)10-16(14)25-3/h7-8,10-12H,4-6,9H2,1-3H3,(H,22,23)(H,19,20,21). The van der Waals surface area contributed by atoms with Gasteiger partial charge in [0, 0.05) is 18.7 Å². The number of aromatic nitrogens is 2. The molecule has 2 rings (SSSR count). The van der Waals surface area contributed by atoms with Crippen LogP contribution in [0.2, 0.25) is 0 Å². The van der Waals surface area contributed by atoms with Gasteiger partial charge in [-0.15, -0.1) is 0 Å². The van der Waals surface area contributed by atoms with Crippen LogP contribution >= 0.6 is 0 Å². The van der Waals surface area contributed by atoms with Crippen LogP contribution in [0.25, 0.3) is 0 Å². The number of hydrogen-bond acceptors (Lipinski definition) is 6. The second kappa shape index (κ2) is 9.46. The molecule has 0 fully saturated rings. The minimum absolute atomic E-state index is 0.283. The third kappa shape index (κ3) is 5.34. The molecule has 134 valence electrons. The van der Waals surface area contributed by atoms with Crippen LogP contribution in [0, 0.1) is 0 Å². The molecule has 7 heteroatoms. The second-order valence-electron chi connectivity index (χ2n) is 5.44. The van der Waals surface area contributed by atoms with Crippen molar-refractivity contribution < 1.29 is 14.3 Å². The van der Waals surface area contributed by atoms with Crippen molar-refractivity contribution >= 4 is 17.4 Å². The summed E-state index contributed by atoms with van der Waals surface area (Å²) in [6, 6.07) is 6.81. The highest BCUT2D eigenvalue weighted by atomic mass is 16.5. The van der Waals surface area contributed by atoms with Gasteiger partial charge in [-0.25, -0.2) is 9.97 Å². The molecule has 1 aromatic carbocycles. The van der Waals surface area contributed by atoms with Gasteiger partial charge in [-0.05, 0) is 18.6 Å². The van der Waals surface area contributed by atoms with E-state index in [1.54, 1.807) is 31.4 Å². The maximum atomic E-state index is 12.4. The Morgan fingerprint density at radius 1 is 1.12 bits per heavy atom. The fourth-order valence-electron chi connectivity index (χ4n) is 2.26. The Labute approximate surface area is 147 Å². The number of anilines is 2. The van der Waals surface area contributed by atoms with Crippen molar-refractivity contribution in [3.8, 4) is 11.5 Å². The molecule has 0 saturated heterocycles. The van der Waals surface area contributed by atoms with E-state index < -0.39 is 0 Å². The van der Waals surface area contributed by atoms with Crippen LogP contribution in [0.15, 0.2) is 30.6 Å². The summed E-state index contributed by atoms with van der Waals surface area (Å²) in [7, 11) is 3.11. The van der Waals surface area contributed by atoms with Crippen molar-refractivity contribution in [2.24, 2.45) is 0 Å². The zero-order chi connectivity index (χ0) is 18.1. The van der Waals surface area contributed by atoms with Gasteiger partial charge in [0.05, 0.1) is 19.9 Å². The van der Waals surface area contributed by atoms with Crippen molar-refractivity contribution in [1.29, 1.82) is 0 Å². The summed E-state index contributed by atoms with van der Waals surface area (Å²) in [4.78, 5) is 20.6. The van der Waals surface area contributed by atoms with Gasteiger partial charge in [0.15, 0.2) is 0 Å². The Kier molecular flexibility index (Phi) is 7.00. The third-order valence-corrected chi connectivity index (χ3v) is 3.64. The lowest BCUT2D eigenvalue weighted by molar-refractivity contribution is 0.102. The molecule has 2 aromatic rings. The summed E-state index contributed by atoms with van der Waals surface area (Å²) < 4.78 is 10.4. The zero-order valence-corrected chi connectivity index (χ0v) is 14.8. The number of benzene rings is 1. The van der Waals surface area contributed by atoms with Crippen molar-refractivity contribution in [2.45, 2.75) is 26.2 Å². The molecular formula is C18H24N4O3. The summed E-state index contributed by atoms with van der Waals surface area (Å²) >= 11 is 0. The van der Waals surface area contributed by atoms with Crippen LogP contribution in [0.3, 0.4) is 0 Å². The Morgan fingerprint density at radius 2 is 1.96 bits per heavy atom. The molecule has 0 aliphatic carbocycles. The van der Waals surface area contributed by atoms with Gasteiger partial charge in [-0.1, -0.05) is 19.8 Å². The summed E-state index contributed by atoms with van der Waals surface area (Å²) in [6.45, 7) is 2.97. The molecule has 1 heterocycles. The summed E-state index contributed by atoms with van der Waals surface area (Å²) in [5.74, 6) is 1.47. The third-order valence-electron chi connectivity index (χ3n) is 3.64. The second-order valence-corrected chi connectivity index (χ2v) is 5.44. The normalized spacial score (nSPS) is 10.2. The highest BCUT2D eigenvalue weighted by Gasteiger charge is 2.13. The molecule has 0 unspecified atom stereocenters. The van der Waals surface area contributed by atoms with Crippen molar-refractivity contribution in [1.82, 2.24) is 9.97 Å². The van der Waals surface area contributed by atoms with Crippen molar-refractivity contribution in [2.75, 3.05) is 31.4 Å². The molecule has 0 radical (unpaired) electrons. The van der Waals surface area contributed by atoms with E-state index in [2.05, 4.69) is 27.5 Å². The molecule has 1 amide bonds. The number of ether oxygens (including phenoxy) is 2. The summed E-state index contributed by atoms with van der Waals surface area (Å²) in [6.07, 6.45) is 4.75. The Balaban J connectivity index is 2.05. The van der Waals surface area contributed by atoms with Crippen LogP contribution < -0.4 is 20.1 Å². The predicted octanol–water partition coefficient (Wildman–Crippen LogP) is 3.35. The first kappa shape index (κ1) is 18.5. The molecule has 0 bridgehead atoms. The van der Waals surface area contributed by atoms with E-state index in [9.17, 15) is 4.79 Å².